The van der Waals surface area contributed by atoms with Gasteiger partial charge in [0.2, 0.25) is 10.0 Å². The van der Waals surface area contributed by atoms with Gasteiger partial charge in [-0.1, -0.05) is 59.8 Å². The number of aryl methyl sites for hydroxylation is 2. The van der Waals surface area contributed by atoms with Crippen molar-refractivity contribution in [3.05, 3.63) is 71.0 Å². The van der Waals surface area contributed by atoms with E-state index in [4.69, 9.17) is 5.14 Å². The summed E-state index contributed by atoms with van der Waals surface area (Å²) in [6.07, 6.45) is 1.14. The van der Waals surface area contributed by atoms with Gasteiger partial charge in [-0.15, -0.1) is 10.2 Å². The van der Waals surface area contributed by atoms with E-state index in [9.17, 15) is 8.42 Å². The van der Waals surface area contributed by atoms with Crippen molar-refractivity contribution in [1.29, 1.82) is 0 Å². The second-order valence-electron chi connectivity index (χ2n) is 6.76. The molecule has 1 heterocycles. The van der Waals surface area contributed by atoms with Gasteiger partial charge in [-0.2, -0.15) is 0 Å². The normalized spacial score (nSPS) is 11.7. The zero-order chi connectivity index (χ0) is 20.1. The van der Waals surface area contributed by atoms with Crippen molar-refractivity contribution < 1.29 is 8.42 Å². The van der Waals surface area contributed by atoms with E-state index in [2.05, 4.69) is 58.9 Å². The first-order valence-electron chi connectivity index (χ1n) is 9.02. The van der Waals surface area contributed by atoms with Gasteiger partial charge in [0.25, 0.3) is 0 Å². The summed E-state index contributed by atoms with van der Waals surface area (Å²) in [6, 6.07) is 16.4. The summed E-state index contributed by atoms with van der Waals surface area (Å²) in [5, 5.41) is 14.7. The number of primary sulfonamides is 1. The molecular weight excluding hydrogens is 392 g/mol. The lowest BCUT2D eigenvalue weighted by atomic mass is 10.1. The van der Waals surface area contributed by atoms with Crippen LogP contribution in [0.1, 0.15) is 28.9 Å². The topological polar surface area (TPSA) is 90.9 Å². The summed E-state index contributed by atoms with van der Waals surface area (Å²) in [5.41, 5.74) is 4.53. The van der Waals surface area contributed by atoms with Crippen molar-refractivity contribution >= 4 is 21.8 Å². The third kappa shape index (κ3) is 5.43. The Morgan fingerprint density at radius 1 is 1.07 bits per heavy atom. The van der Waals surface area contributed by atoms with E-state index < -0.39 is 10.0 Å². The second kappa shape index (κ2) is 8.89. The molecule has 2 aromatic carbocycles. The standard InChI is InChI=1S/C20H24N4O2S2/c1-15-9-10-18(16(2)13-15)24-19(14-17-7-4-3-5-8-17)22-23-20(24)27-11-6-12-28(21,25)26/h3-5,7-10,13H,6,11-12,14H2,1-2H3,(H2,21,25,26). The van der Waals surface area contributed by atoms with Gasteiger partial charge < -0.3 is 0 Å². The SMILES string of the molecule is Cc1ccc(-n2c(Cc3ccccc3)nnc2SCCCS(N)(=O)=O)c(C)c1. The highest BCUT2D eigenvalue weighted by Crippen LogP contribution is 2.26. The van der Waals surface area contributed by atoms with Crippen LogP contribution in [-0.4, -0.2) is 34.7 Å². The van der Waals surface area contributed by atoms with Gasteiger partial charge in [0.15, 0.2) is 5.16 Å². The highest BCUT2D eigenvalue weighted by Gasteiger charge is 2.17. The average molecular weight is 417 g/mol. The lowest BCUT2D eigenvalue weighted by Gasteiger charge is -2.13. The van der Waals surface area contributed by atoms with E-state index in [0.29, 0.717) is 18.6 Å². The average Bonchev–Trinajstić information content (AvgIpc) is 3.01. The molecule has 0 saturated carbocycles. The molecule has 28 heavy (non-hydrogen) atoms. The van der Waals surface area contributed by atoms with Gasteiger partial charge in [-0.05, 0) is 37.5 Å². The number of rotatable bonds is 8. The zero-order valence-corrected chi connectivity index (χ0v) is 17.6. The number of sulfonamides is 1. The third-order valence-corrected chi connectivity index (χ3v) is 6.18. The first kappa shape index (κ1) is 20.6. The van der Waals surface area contributed by atoms with E-state index >= 15 is 0 Å². The third-order valence-electron chi connectivity index (χ3n) is 4.30. The number of hydrogen-bond acceptors (Lipinski definition) is 5. The van der Waals surface area contributed by atoms with E-state index in [1.165, 1.54) is 17.3 Å². The Kier molecular flexibility index (Phi) is 6.53. The van der Waals surface area contributed by atoms with Gasteiger partial charge in [0.1, 0.15) is 5.82 Å². The van der Waals surface area contributed by atoms with Crippen molar-refractivity contribution in [2.24, 2.45) is 5.14 Å². The van der Waals surface area contributed by atoms with Crippen LogP contribution in [0.5, 0.6) is 0 Å². The summed E-state index contributed by atoms with van der Waals surface area (Å²) in [4.78, 5) is 0. The molecule has 0 fully saturated rings. The van der Waals surface area contributed by atoms with Crippen LogP contribution in [-0.2, 0) is 16.4 Å². The molecule has 6 nitrogen and oxygen atoms in total. The Morgan fingerprint density at radius 2 is 1.82 bits per heavy atom. The largest absolute Gasteiger partial charge is 0.273 e. The number of nitrogens with two attached hydrogens (primary N) is 1. The van der Waals surface area contributed by atoms with Gasteiger partial charge >= 0.3 is 0 Å². The van der Waals surface area contributed by atoms with Crippen LogP contribution in [0.3, 0.4) is 0 Å². The molecule has 0 atom stereocenters. The van der Waals surface area contributed by atoms with Crippen LogP contribution in [0.15, 0.2) is 53.7 Å². The predicted molar refractivity (Wildman–Crippen MR) is 113 cm³/mol. The minimum Gasteiger partial charge on any atom is -0.273 e. The van der Waals surface area contributed by atoms with Crippen LogP contribution in [0.4, 0.5) is 0 Å². The molecule has 0 saturated heterocycles. The monoisotopic (exact) mass is 416 g/mol. The Balaban J connectivity index is 1.91. The van der Waals surface area contributed by atoms with Gasteiger partial charge in [0, 0.05) is 12.2 Å². The lowest BCUT2D eigenvalue weighted by molar-refractivity contribution is 0.596. The zero-order valence-electron chi connectivity index (χ0n) is 16.0. The fraction of sp³-hybridized carbons (Fsp3) is 0.300. The van der Waals surface area contributed by atoms with Crippen molar-refractivity contribution in [3.63, 3.8) is 0 Å². The Hall–Kier alpha value is -2.16. The summed E-state index contributed by atoms with van der Waals surface area (Å²) in [7, 11) is -3.44. The van der Waals surface area contributed by atoms with E-state index in [1.54, 1.807) is 0 Å². The van der Waals surface area contributed by atoms with E-state index in [-0.39, 0.29) is 5.75 Å². The van der Waals surface area contributed by atoms with Crippen LogP contribution >= 0.6 is 11.8 Å². The van der Waals surface area contributed by atoms with Crippen LogP contribution in [0.2, 0.25) is 0 Å². The van der Waals surface area contributed by atoms with E-state index in [0.717, 1.165) is 27.8 Å². The second-order valence-corrected chi connectivity index (χ2v) is 9.55. The minimum atomic E-state index is -3.44. The molecule has 0 radical (unpaired) electrons. The first-order valence-corrected chi connectivity index (χ1v) is 11.7. The number of hydrogen-bond donors (Lipinski definition) is 1. The molecule has 148 valence electrons. The Bertz CT molecular complexity index is 1050. The Morgan fingerprint density at radius 3 is 2.50 bits per heavy atom. The first-order chi connectivity index (χ1) is 13.3. The number of thioether (sulfide) groups is 1. The molecule has 3 aromatic rings. The predicted octanol–water partition coefficient (Wildman–Crippen LogP) is 3.25. The highest BCUT2D eigenvalue weighted by molar-refractivity contribution is 7.99. The van der Waals surface area contributed by atoms with Crippen molar-refractivity contribution in [2.75, 3.05) is 11.5 Å². The van der Waals surface area contributed by atoms with Gasteiger partial charge in [-0.25, -0.2) is 13.6 Å². The molecule has 0 spiro atoms. The maximum Gasteiger partial charge on any atom is 0.209 e. The molecule has 2 N–H and O–H groups in total. The maximum atomic E-state index is 11.2. The van der Waals surface area contributed by atoms with Crippen molar-refractivity contribution in [1.82, 2.24) is 14.8 Å². The van der Waals surface area contributed by atoms with Crippen molar-refractivity contribution in [2.45, 2.75) is 31.8 Å². The van der Waals surface area contributed by atoms with E-state index in [1.807, 2.05) is 18.2 Å². The maximum absolute atomic E-state index is 11.2. The van der Waals surface area contributed by atoms with Crippen molar-refractivity contribution in [3.8, 4) is 5.69 Å². The van der Waals surface area contributed by atoms with Crippen LogP contribution < -0.4 is 5.14 Å². The van der Waals surface area contributed by atoms with Crippen LogP contribution in [0, 0.1) is 13.8 Å². The fourth-order valence-electron chi connectivity index (χ4n) is 3.01. The quantitative estimate of drug-likeness (QED) is 0.450. The molecule has 0 aliphatic heterocycles. The molecule has 1 aromatic heterocycles. The minimum absolute atomic E-state index is 0.0332. The van der Waals surface area contributed by atoms with Crippen LogP contribution in [0.25, 0.3) is 5.69 Å². The number of nitrogens with zero attached hydrogens (tertiary/aromatic N) is 3. The molecule has 3 rings (SSSR count). The number of aromatic nitrogens is 3. The highest BCUT2D eigenvalue weighted by atomic mass is 32.2. The summed E-state index contributed by atoms with van der Waals surface area (Å²) in [5.74, 6) is 1.42. The van der Waals surface area contributed by atoms with Gasteiger partial charge in [0.05, 0.1) is 11.4 Å². The summed E-state index contributed by atoms with van der Waals surface area (Å²) in [6.45, 7) is 4.14. The molecule has 0 aliphatic rings. The molecule has 0 amide bonds. The number of benzene rings is 2. The molecular formula is C20H24N4O2S2. The fourth-order valence-corrected chi connectivity index (χ4v) is 4.64. The summed E-state index contributed by atoms with van der Waals surface area (Å²) < 4.78 is 24.4. The van der Waals surface area contributed by atoms with Gasteiger partial charge in [-0.3, -0.25) is 4.57 Å². The summed E-state index contributed by atoms with van der Waals surface area (Å²) >= 11 is 1.50. The lowest BCUT2D eigenvalue weighted by Crippen LogP contribution is -2.16. The smallest absolute Gasteiger partial charge is 0.209 e. The molecule has 0 bridgehead atoms. The Labute approximate surface area is 170 Å². The molecule has 8 heteroatoms. The molecule has 0 unspecified atom stereocenters. The molecule has 0 aliphatic carbocycles.